The predicted molar refractivity (Wildman–Crippen MR) is 107 cm³/mol. The van der Waals surface area contributed by atoms with Crippen LogP contribution in [0, 0.1) is 17.2 Å². The van der Waals surface area contributed by atoms with Gasteiger partial charge in [0.2, 0.25) is 11.9 Å². The van der Waals surface area contributed by atoms with E-state index in [-0.39, 0.29) is 17.9 Å². The highest BCUT2D eigenvalue weighted by Gasteiger charge is 2.33. The number of nitriles is 1. The molecule has 1 saturated carbocycles. The molecule has 28 heavy (non-hydrogen) atoms. The molecule has 0 spiro atoms. The first kappa shape index (κ1) is 17.8. The summed E-state index contributed by atoms with van der Waals surface area (Å²) in [6.07, 6.45) is 5.67. The molecule has 0 unspecified atom stereocenters. The first-order valence-electron chi connectivity index (χ1n) is 9.26. The molecule has 0 atom stereocenters. The summed E-state index contributed by atoms with van der Waals surface area (Å²) in [5.74, 6) is 0.576. The molecule has 1 aromatic carbocycles. The third-order valence-corrected chi connectivity index (χ3v) is 5.14. The van der Waals surface area contributed by atoms with Crippen LogP contribution in [0.2, 0.25) is 0 Å². The second kappa shape index (κ2) is 7.56. The quantitative estimate of drug-likeness (QED) is 0.500. The molecule has 3 aromatic rings. The molecule has 0 aliphatic heterocycles. The number of anilines is 2. The number of primary amides is 1. The second-order valence-electron chi connectivity index (χ2n) is 7.02. The largest absolute Gasteiger partial charge is 0.369 e. The minimum atomic E-state index is -0.277. The summed E-state index contributed by atoms with van der Waals surface area (Å²) >= 11 is 0. The Labute approximate surface area is 162 Å². The van der Waals surface area contributed by atoms with Gasteiger partial charge < -0.3 is 21.4 Å². The third kappa shape index (κ3) is 3.60. The van der Waals surface area contributed by atoms with E-state index in [1.54, 1.807) is 0 Å². The molecule has 0 saturated heterocycles. The smallest absolute Gasteiger partial charge is 0.224 e. The topological polar surface area (TPSA) is 133 Å². The number of amides is 1. The lowest BCUT2D eigenvalue weighted by atomic mass is 9.80. The lowest BCUT2D eigenvalue weighted by Crippen LogP contribution is -2.42. The Hall–Kier alpha value is -3.60. The van der Waals surface area contributed by atoms with Gasteiger partial charge in [-0.15, -0.1) is 0 Å². The predicted octanol–water partition coefficient (Wildman–Crippen LogP) is 2.16. The number of nitrogens with one attached hydrogen (secondary N) is 3. The van der Waals surface area contributed by atoms with Gasteiger partial charge in [0.1, 0.15) is 17.5 Å². The Bertz CT molecular complexity index is 1050. The van der Waals surface area contributed by atoms with Crippen molar-refractivity contribution in [2.24, 2.45) is 11.7 Å². The molecule has 5 N–H and O–H groups in total. The zero-order valence-corrected chi connectivity index (χ0v) is 15.3. The van der Waals surface area contributed by atoms with Crippen LogP contribution < -0.4 is 16.4 Å². The number of para-hydroxylation sites is 1. The summed E-state index contributed by atoms with van der Waals surface area (Å²) in [5, 5.41) is 16.9. The second-order valence-corrected chi connectivity index (χ2v) is 7.02. The van der Waals surface area contributed by atoms with Gasteiger partial charge in [-0.05, 0) is 30.9 Å². The summed E-state index contributed by atoms with van der Waals surface area (Å²) in [5.41, 5.74) is 8.03. The van der Waals surface area contributed by atoms with Crippen molar-refractivity contribution in [3.8, 4) is 6.07 Å². The molecule has 1 aliphatic rings. The third-order valence-electron chi connectivity index (χ3n) is 5.14. The molecule has 8 nitrogen and oxygen atoms in total. The lowest BCUT2D eigenvalue weighted by molar-refractivity contribution is -0.124. The van der Waals surface area contributed by atoms with Gasteiger partial charge in [0.05, 0.1) is 6.20 Å². The maximum atomic E-state index is 11.2. The first-order chi connectivity index (χ1) is 13.6. The van der Waals surface area contributed by atoms with Crippen LogP contribution in [0.5, 0.6) is 0 Å². The van der Waals surface area contributed by atoms with Gasteiger partial charge >= 0.3 is 0 Å². The molecule has 0 radical (unpaired) electrons. The Balaban J connectivity index is 1.38. The summed E-state index contributed by atoms with van der Waals surface area (Å²) in [6.45, 7) is 0.667. The lowest BCUT2D eigenvalue weighted by Gasteiger charge is -2.34. The van der Waals surface area contributed by atoms with Gasteiger partial charge in [-0.1, -0.05) is 18.2 Å². The Morgan fingerprint density at radius 3 is 2.96 bits per heavy atom. The molecule has 2 aromatic heterocycles. The SMILES string of the molecule is N#Cc1cnc(NCCc2c[nH]c3ccccc23)nc1NC1CC(C(N)=O)C1. The van der Waals surface area contributed by atoms with E-state index < -0.39 is 0 Å². The molecule has 4 rings (SSSR count). The number of aromatic amines is 1. The van der Waals surface area contributed by atoms with E-state index in [0.29, 0.717) is 36.7 Å². The highest BCUT2D eigenvalue weighted by molar-refractivity contribution is 5.83. The average Bonchev–Trinajstić information content (AvgIpc) is 3.07. The first-order valence-corrected chi connectivity index (χ1v) is 9.26. The van der Waals surface area contributed by atoms with E-state index in [1.165, 1.54) is 17.1 Å². The van der Waals surface area contributed by atoms with E-state index >= 15 is 0 Å². The number of rotatable bonds is 7. The van der Waals surface area contributed by atoms with Gasteiger partial charge in [-0.3, -0.25) is 4.79 Å². The minimum Gasteiger partial charge on any atom is -0.369 e. The summed E-state index contributed by atoms with van der Waals surface area (Å²) in [4.78, 5) is 23.1. The number of nitrogens with two attached hydrogens (primary N) is 1. The van der Waals surface area contributed by atoms with E-state index in [1.807, 2.05) is 18.3 Å². The maximum absolute atomic E-state index is 11.2. The molecular weight excluding hydrogens is 354 g/mol. The zero-order valence-electron chi connectivity index (χ0n) is 15.3. The monoisotopic (exact) mass is 375 g/mol. The van der Waals surface area contributed by atoms with E-state index in [9.17, 15) is 10.1 Å². The highest BCUT2D eigenvalue weighted by atomic mass is 16.1. The van der Waals surface area contributed by atoms with Crippen LogP contribution in [0.15, 0.2) is 36.7 Å². The van der Waals surface area contributed by atoms with Crippen LogP contribution >= 0.6 is 0 Å². The number of H-pyrrole nitrogens is 1. The van der Waals surface area contributed by atoms with Crippen molar-refractivity contribution in [2.75, 3.05) is 17.2 Å². The Morgan fingerprint density at radius 1 is 1.36 bits per heavy atom. The molecule has 1 aliphatic carbocycles. The van der Waals surface area contributed by atoms with Crippen LogP contribution in [0.1, 0.15) is 24.0 Å². The van der Waals surface area contributed by atoms with E-state index in [4.69, 9.17) is 5.73 Å². The fourth-order valence-electron chi connectivity index (χ4n) is 3.47. The van der Waals surface area contributed by atoms with Crippen LogP contribution in [0.3, 0.4) is 0 Å². The van der Waals surface area contributed by atoms with E-state index in [2.05, 4.69) is 43.8 Å². The van der Waals surface area contributed by atoms with Crippen LogP contribution in [-0.2, 0) is 11.2 Å². The number of carbonyl (C=O) groups excluding carboxylic acids is 1. The summed E-state index contributed by atoms with van der Waals surface area (Å²) in [7, 11) is 0. The molecule has 2 heterocycles. The molecule has 1 fully saturated rings. The number of aromatic nitrogens is 3. The van der Waals surface area contributed by atoms with Crippen molar-refractivity contribution in [1.82, 2.24) is 15.0 Å². The van der Waals surface area contributed by atoms with Crippen molar-refractivity contribution in [3.05, 3.63) is 47.8 Å². The van der Waals surface area contributed by atoms with Gasteiger partial charge in [-0.2, -0.15) is 10.2 Å². The average molecular weight is 375 g/mol. The van der Waals surface area contributed by atoms with Crippen molar-refractivity contribution in [2.45, 2.75) is 25.3 Å². The van der Waals surface area contributed by atoms with Crippen molar-refractivity contribution in [3.63, 3.8) is 0 Å². The maximum Gasteiger partial charge on any atom is 0.224 e. The fraction of sp³-hybridized carbons (Fsp3) is 0.300. The van der Waals surface area contributed by atoms with Crippen molar-refractivity contribution in [1.29, 1.82) is 5.26 Å². The van der Waals surface area contributed by atoms with Crippen molar-refractivity contribution >= 4 is 28.6 Å². The van der Waals surface area contributed by atoms with Crippen LogP contribution in [0.25, 0.3) is 10.9 Å². The number of hydrogen-bond donors (Lipinski definition) is 4. The van der Waals surface area contributed by atoms with Gasteiger partial charge in [-0.25, -0.2) is 4.98 Å². The molecule has 8 heteroatoms. The molecule has 1 amide bonds. The fourth-order valence-corrected chi connectivity index (χ4v) is 3.47. The standard InChI is InChI=1S/C20H21N7O/c21-9-14-11-25-20(27-19(14)26-15-7-13(8-15)18(22)28)23-6-5-12-10-24-17-4-2-1-3-16(12)17/h1-4,10-11,13,15,24H,5-8H2,(H2,22,28)(H2,23,25,26,27). The van der Waals surface area contributed by atoms with Crippen LogP contribution in [0.4, 0.5) is 11.8 Å². The summed E-state index contributed by atoms with van der Waals surface area (Å²) in [6, 6.07) is 10.4. The molecule has 142 valence electrons. The minimum absolute atomic E-state index is 0.0959. The van der Waals surface area contributed by atoms with E-state index in [0.717, 1.165) is 11.9 Å². The number of nitrogens with zero attached hydrogens (tertiary/aromatic N) is 3. The number of carbonyl (C=O) groups is 1. The van der Waals surface area contributed by atoms with Gasteiger partial charge in [0.25, 0.3) is 0 Å². The highest BCUT2D eigenvalue weighted by Crippen LogP contribution is 2.30. The Morgan fingerprint density at radius 2 is 2.18 bits per heavy atom. The van der Waals surface area contributed by atoms with Crippen LogP contribution in [-0.4, -0.2) is 33.4 Å². The van der Waals surface area contributed by atoms with Gasteiger partial charge in [0.15, 0.2) is 0 Å². The summed E-state index contributed by atoms with van der Waals surface area (Å²) < 4.78 is 0. The zero-order chi connectivity index (χ0) is 19.5. The molecular formula is C20H21N7O. The molecule has 0 bridgehead atoms. The Kier molecular flexibility index (Phi) is 4.81. The number of fused-ring (bicyclic) bond motifs is 1. The van der Waals surface area contributed by atoms with Gasteiger partial charge in [0, 0.05) is 35.6 Å². The number of benzene rings is 1. The normalized spacial score (nSPS) is 18.2. The number of hydrogen-bond acceptors (Lipinski definition) is 6. The van der Waals surface area contributed by atoms with Crippen molar-refractivity contribution < 1.29 is 4.79 Å².